The third-order valence-electron chi connectivity index (χ3n) is 3.63. The van der Waals surface area contributed by atoms with Crippen LogP contribution < -0.4 is 4.90 Å². The van der Waals surface area contributed by atoms with Gasteiger partial charge in [0.1, 0.15) is 0 Å². The van der Waals surface area contributed by atoms with Gasteiger partial charge in [0.25, 0.3) is 0 Å². The SMILES string of the molecule is CC(C)N1CCc2c(-c3ccccn3)cccc21. The molecule has 0 aliphatic carbocycles. The molecule has 0 fully saturated rings. The predicted octanol–water partition coefficient (Wildman–Crippen LogP) is 3.52. The van der Waals surface area contributed by atoms with Crippen molar-refractivity contribution in [2.45, 2.75) is 26.3 Å². The lowest BCUT2D eigenvalue weighted by Crippen LogP contribution is -2.28. The van der Waals surface area contributed by atoms with Crippen molar-refractivity contribution >= 4 is 5.69 Å². The fourth-order valence-corrected chi connectivity index (χ4v) is 2.76. The van der Waals surface area contributed by atoms with Crippen molar-refractivity contribution in [3.63, 3.8) is 0 Å². The Bertz CT molecular complexity index is 546. The molecule has 0 saturated carbocycles. The van der Waals surface area contributed by atoms with Crippen LogP contribution in [0.5, 0.6) is 0 Å². The molecule has 0 amide bonds. The Balaban J connectivity index is 2.10. The summed E-state index contributed by atoms with van der Waals surface area (Å²) in [6.45, 7) is 5.63. The van der Waals surface area contributed by atoms with E-state index in [0.29, 0.717) is 6.04 Å². The summed E-state index contributed by atoms with van der Waals surface area (Å²) in [6.07, 6.45) is 2.99. The highest BCUT2D eigenvalue weighted by Crippen LogP contribution is 2.36. The van der Waals surface area contributed by atoms with Gasteiger partial charge in [0.15, 0.2) is 0 Å². The first kappa shape index (κ1) is 11.3. The lowest BCUT2D eigenvalue weighted by atomic mass is 10.0. The minimum atomic E-state index is 0.560. The second-order valence-electron chi connectivity index (χ2n) is 5.06. The Kier molecular flexibility index (Phi) is 2.78. The van der Waals surface area contributed by atoms with Crippen molar-refractivity contribution in [2.24, 2.45) is 0 Å². The van der Waals surface area contributed by atoms with Crippen LogP contribution in [-0.4, -0.2) is 17.6 Å². The number of anilines is 1. The molecule has 3 rings (SSSR count). The third-order valence-corrected chi connectivity index (χ3v) is 3.63. The number of nitrogens with zero attached hydrogens (tertiary/aromatic N) is 2. The molecule has 18 heavy (non-hydrogen) atoms. The zero-order valence-corrected chi connectivity index (χ0v) is 10.9. The Hall–Kier alpha value is -1.83. The van der Waals surface area contributed by atoms with Crippen molar-refractivity contribution in [2.75, 3.05) is 11.4 Å². The molecule has 1 aromatic heterocycles. The zero-order valence-electron chi connectivity index (χ0n) is 10.9. The van der Waals surface area contributed by atoms with E-state index >= 15 is 0 Å². The highest BCUT2D eigenvalue weighted by molar-refractivity contribution is 5.74. The number of aromatic nitrogens is 1. The van der Waals surface area contributed by atoms with Crippen LogP contribution in [0, 0.1) is 0 Å². The lowest BCUT2D eigenvalue weighted by molar-refractivity contribution is 0.710. The fraction of sp³-hybridized carbons (Fsp3) is 0.312. The molecular formula is C16H18N2. The molecule has 0 unspecified atom stereocenters. The lowest BCUT2D eigenvalue weighted by Gasteiger charge is -2.24. The molecule has 92 valence electrons. The van der Waals surface area contributed by atoms with Gasteiger partial charge in [-0.05, 0) is 44.0 Å². The average molecular weight is 238 g/mol. The summed E-state index contributed by atoms with van der Waals surface area (Å²) in [4.78, 5) is 6.95. The Labute approximate surface area is 108 Å². The summed E-state index contributed by atoms with van der Waals surface area (Å²) in [5.74, 6) is 0. The van der Waals surface area contributed by atoms with Gasteiger partial charge in [0.05, 0.1) is 5.69 Å². The molecule has 0 atom stereocenters. The molecule has 0 spiro atoms. The van der Waals surface area contributed by atoms with Gasteiger partial charge in [0, 0.05) is 30.0 Å². The van der Waals surface area contributed by atoms with Gasteiger partial charge in [-0.2, -0.15) is 0 Å². The smallest absolute Gasteiger partial charge is 0.0705 e. The Morgan fingerprint density at radius 1 is 1.11 bits per heavy atom. The first-order chi connectivity index (χ1) is 8.77. The maximum Gasteiger partial charge on any atom is 0.0705 e. The van der Waals surface area contributed by atoms with Gasteiger partial charge in [-0.3, -0.25) is 4.98 Å². The molecule has 0 radical (unpaired) electrons. The monoisotopic (exact) mass is 238 g/mol. The van der Waals surface area contributed by atoms with Gasteiger partial charge in [-0.1, -0.05) is 18.2 Å². The quantitative estimate of drug-likeness (QED) is 0.795. The van der Waals surface area contributed by atoms with E-state index in [1.165, 1.54) is 16.8 Å². The highest BCUT2D eigenvalue weighted by atomic mass is 15.2. The minimum absolute atomic E-state index is 0.560. The summed E-state index contributed by atoms with van der Waals surface area (Å²) >= 11 is 0. The average Bonchev–Trinajstić information content (AvgIpc) is 2.83. The number of fused-ring (bicyclic) bond motifs is 1. The first-order valence-electron chi connectivity index (χ1n) is 6.57. The van der Waals surface area contributed by atoms with E-state index in [0.717, 1.165) is 18.7 Å². The molecule has 2 nitrogen and oxygen atoms in total. The topological polar surface area (TPSA) is 16.1 Å². The van der Waals surface area contributed by atoms with Crippen LogP contribution in [0.2, 0.25) is 0 Å². The van der Waals surface area contributed by atoms with Crippen LogP contribution >= 0.6 is 0 Å². The standard InChI is InChI=1S/C16H18N2/c1-12(2)18-11-9-14-13(6-5-8-16(14)18)15-7-3-4-10-17-15/h3-8,10,12H,9,11H2,1-2H3. The van der Waals surface area contributed by atoms with Crippen LogP contribution in [0.15, 0.2) is 42.6 Å². The fourth-order valence-electron chi connectivity index (χ4n) is 2.76. The number of benzene rings is 1. The van der Waals surface area contributed by atoms with E-state index in [4.69, 9.17) is 0 Å². The molecule has 0 N–H and O–H groups in total. The number of rotatable bonds is 2. The summed E-state index contributed by atoms with van der Waals surface area (Å²) in [5.41, 5.74) is 5.20. The van der Waals surface area contributed by atoms with Crippen molar-refractivity contribution in [1.29, 1.82) is 0 Å². The Morgan fingerprint density at radius 3 is 2.72 bits per heavy atom. The normalized spacial score (nSPS) is 14.1. The molecule has 1 aliphatic rings. The number of hydrogen-bond acceptors (Lipinski definition) is 2. The molecule has 2 heteroatoms. The van der Waals surface area contributed by atoms with E-state index in [-0.39, 0.29) is 0 Å². The predicted molar refractivity (Wildman–Crippen MR) is 75.9 cm³/mol. The van der Waals surface area contributed by atoms with Crippen LogP contribution in [0.3, 0.4) is 0 Å². The summed E-state index contributed by atoms with van der Waals surface area (Å²) in [6, 6.07) is 13.2. The maximum absolute atomic E-state index is 4.48. The molecule has 2 heterocycles. The van der Waals surface area contributed by atoms with Crippen molar-refractivity contribution in [3.8, 4) is 11.3 Å². The molecule has 1 aromatic carbocycles. The zero-order chi connectivity index (χ0) is 12.5. The van der Waals surface area contributed by atoms with Crippen LogP contribution in [0.25, 0.3) is 11.3 Å². The molecule has 0 bridgehead atoms. The summed E-state index contributed by atoms with van der Waals surface area (Å²) < 4.78 is 0. The van der Waals surface area contributed by atoms with Crippen LogP contribution in [0.4, 0.5) is 5.69 Å². The number of pyridine rings is 1. The van der Waals surface area contributed by atoms with Crippen molar-refractivity contribution in [1.82, 2.24) is 4.98 Å². The minimum Gasteiger partial charge on any atom is -0.369 e. The second-order valence-corrected chi connectivity index (χ2v) is 5.06. The molecule has 2 aromatic rings. The van der Waals surface area contributed by atoms with E-state index < -0.39 is 0 Å². The van der Waals surface area contributed by atoms with Gasteiger partial charge in [-0.25, -0.2) is 0 Å². The van der Waals surface area contributed by atoms with Crippen LogP contribution in [-0.2, 0) is 6.42 Å². The van der Waals surface area contributed by atoms with Gasteiger partial charge in [-0.15, -0.1) is 0 Å². The van der Waals surface area contributed by atoms with E-state index in [2.05, 4.69) is 54.1 Å². The highest BCUT2D eigenvalue weighted by Gasteiger charge is 2.23. The van der Waals surface area contributed by atoms with Gasteiger partial charge in [0.2, 0.25) is 0 Å². The molecule has 1 aliphatic heterocycles. The maximum atomic E-state index is 4.48. The Morgan fingerprint density at radius 2 is 2.00 bits per heavy atom. The van der Waals surface area contributed by atoms with Gasteiger partial charge < -0.3 is 4.90 Å². The second kappa shape index (κ2) is 4.45. The first-order valence-corrected chi connectivity index (χ1v) is 6.57. The summed E-state index contributed by atoms with van der Waals surface area (Å²) in [5, 5.41) is 0. The third kappa shape index (κ3) is 1.78. The van der Waals surface area contributed by atoms with Gasteiger partial charge >= 0.3 is 0 Å². The summed E-state index contributed by atoms with van der Waals surface area (Å²) in [7, 11) is 0. The van der Waals surface area contributed by atoms with E-state index in [1.807, 2.05) is 12.3 Å². The molecule has 0 saturated heterocycles. The number of hydrogen-bond donors (Lipinski definition) is 0. The van der Waals surface area contributed by atoms with Crippen LogP contribution in [0.1, 0.15) is 19.4 Å². The van der Waals surface area contributed by atoms with E-state index in [9.17, 15) is 0 Å². The van der Waals surface area contributed by atoms with Crippen molar-refractivity contribution < 1.29 is 0 Å². The largest absolute Gasteiger partial charge is 0.369 e. The molecular weight excluding hydrogens is 220 g/mol. The van der Waals surface area contributed by atoms with Crippen molar-refractivity contribution in [3.05, 3.63) is 48.2 Å². The van der Waals surface area contributed by atoms with E-state index in [1.54, 1.807) is 0 Å².